The Bertz CT molecular complexity index is 539. The van der Waals surface area contributed by atoms with Gasteiger partial charge in [0.15, 0.2) is 9.84 Å². The van der Waals surface area contributed by atoms with Crippen LogP contribution in [0.3, 0.4) is 0 Å². The van der Waals surface area contributed by atoms with E-state index in [1.165, 1.54) is 0 Å². The molecule has 2 unspecified atom stereocenters. The third-order valence-electron chi connectivity index (χ3n) is 2.92. The fraction of sp³-hybridized carbons (Fsp3) is 0.500. The van der Waals surface area contributed by atoms with E-state index < -0.39 is 15.9 Å². The number of ether oxygens (including phenoxy) is 1. The lowest BCUT2D eigenvalue weighted by atomic mass is 10.1. The van der Waals surface area contributed by atoms with Gasteiger partial charge < -0.3 is 9.84 Å². The van der Waals surface area contributed by atoms with Gasteiger partial charge in [0.25, 0.3) is 0 Å². The second-order valence-corrected chi connectivity index (χ2v) is 7.14. The number of benzene rings is 1. The fourth-order valence-corrected chi connectivity index (χ4v) is 3.73. The minimum Gasteiger partial charge on any atom is -0.488 e. The predicted octanol–water partition coefficient (Wildman–Crippen LogP) is 1.96. The standard InChI is InChI=1S/C12H15ClO4S/c1-8(14)9-2-3-12(11(13)6-9)17-10-4-5-18(15,16)7-10/h2-3,6,8,10,14H,4-5,7H2,1H3. The zero-order valence-electron chi connectivity index (χ0n) is 9.97. The van der Waals surface area contributed by atoms with Crippen molar-refractivity contribution in [1.82, 2.24) is 0 Å². The van der Waals surface area contributed by atoms with Gasteiger partial charge in [-0.1, -0.05) is 17.7 Å². The maximum Gasteiger partial charge on any atom is 0.154 e. The van der Waals surface area contributed by atoms with Gasteiger partial charge >= 0.3 is 0 Å². The molecule has 1 aliphatic rings. The number of aliphatic hydroxyl groups is 1. The summed E-state index contributed by atoms with van der Waals surface area (Å²) in [7, 11) is -2.96. The minimum atomic E-state index is -2.96. The Morgan fingerprint density at radius 2 is 2.22 bits per heavy atom. The van der Waals surface area contributed by atoms with E-state index in [1.54, 1.807) is 25.1 Å². The van der Waals surface area contributed by atoms with Crippen molar-refractivity contribution in [2.45, 2.75) is 25.6 Å². The molecule has 0 spiro atoms. The van der Waals surface area contributed by atoms with E-state index in [0.717, 1.165) is 0 Å². The van der Waals surface area contributed by atoms with E-state index in [-0.39, 0.29) is 17.6 Å². The first-order chi connectivity index (χ1) is 8.37. The van der Waals surface area contributed by atoms with Gasteiger partial charge in [0, 0.05) is 0 Å². The van der Waals surface area contributed by atoms with E-state index in [0.29, 0.717) is 22.8 Å². The molecule has 100 valence electrons. The number of sulfone groups is 1. The summed E-state index contributed by atoms with van der Waals surface area (Å²) in [6.07, 6.45) is -0.426. The predicted molar refractivity (Wildman–Crippen MR) is 69.8 cm³/mol. The van der Waals surface area contributed by atoms with Crippen molar-refractivity contribution >= 4 is 21.4 Å². The van der Waals surface area contributed by atoms with Crippen LogP contribution in [-0.2, 0) is 9.84 Å². The minimum absolute atomic E-state index is 0.0431. The van der Waals surface area contributed by atoms with Crippen LogP contribution < -0.4 is 4.74 Å². The van der Waals surface area contributed by atoms with Crippen molar-refractivity contribution in [2.24, 2.45) is 0 Å². The number of hydrogen-bond donors (Lipinski definition) is 1. The summed E-state index contributed by atoms with van der Waals surface area (Å²) in [5, 5.41) is 9.80. The summed E-state index contributed by atoms with van der Waals surface area (Å²) >= 11 is 6.04. The molecule has 0 amide bonds. The number of rotatable bonds is 3. The zero-order valence-corrected chi connectivity index (χ0v) is 11.5. The second-order valence-electron chi connectivity index (χ2n) is 4.51. The van der Waals surface area contributed by atoms with Crippen LogP contribution in [-0.4, -0.2) is 31.1 Å². The van der Waals surface area contributed by atoms with Gasteiger partial charge in [-0.05, 0) is 31.0 Å². The quantitative estimate of drug-likeness (QED) is 0.924. The van der Waals surface area contributed by atoms with E-state index in [1.807, 2.05) is 0 Å². The molecule has 2 atom stereocenters. The highest BCUT2D eigenvalue weighted by atomic mass is 35.5. The van der Waals surface area contributed by atoms with Crippen molar-refractivity contribution < 1.29 is 18.3 Å². The lowest BCUT2D eigenvalue weighted by molar-refractivity contribution is 0.198. The molecule has 1 aliphatic heterocycles. The van der Waals surface area contributed by atoms with Crippen molar-refractivity contribution in [3.8, 4) is 5.75 Å². The molecular weight excluding hydrogens is 276 g/mol. The van der Waals surface area contributed by atoms with Crippen LogP contribution in [0.15, 0.2) is 18.2 Å². The van der Waals surface area contributed by atoms with Gasteiger partial charge in [-0.25, -0.2) is 8.42 Å². The van der Waals surface area contributed by atoms with Gasteiger partial charge in [-0.3, -0.25) is 0 Å². The Balaban J connectivity index is 2.11. The monoisotopic (exact) mass is 290 g/mol. The number of halogens is 1. The topological polar surface area (TPSA) is 63.6 Å². The molecule has 0 saturated carbocycles. The van der Waals surface area contributed by atoms with Crippen LogP contribution in [0.25, 0.3) is 0 Å². The van der Waals surface area contributed by atoms with Crippen LogP contribution in [0.2, 0.25) is 5.02 Å². The normalized spacial score (nSPS) is 23.8. The molecule has 1 N–H and O–H groups in total. The lowest BCUT2D eigenvalue weighted by Crippen LogP contribution is -2.17. The lowest BCUT2D eigenvalue weighted by Gasteiger charge is -2.14. The fourth-order valence-electron chi connectivity index (χ4n) is 1.91. The zero-order chi connectivity index (χ0) is 13.3. The Kier molecular flexibility index (Phi) is 3.84. The second kappa shape index (κ2) is 5.07. The van der Waals surface area contributed by atoms with Gasteiger partial charge in [0.1, 0.15) is 11.9 Å². The van der Waals surface area contributed by atoms with Gasteiger partial charge in [0.05, 0.1) is 22.6 Å². The van der Waals surface area contributed by atoms with Crippen molar-refractivity contribution in [1.29, 1.82) is 0 Å². The summed E-state index contributed by atoms with van der Waals surface area (Å²) in [6.45, 7) is 1.65. The number of aliphatic hydroxyl groups excluding tert-OH is 1. The summed E-state index contributed by atoms with van der Waals surface area (Å²) in [5.74, 6) is 0.672. The molecule has 0 radical (unpaired) electrons. The first kappa shape index (κ1) is 13.6. The molecule has 2 rings (SSSR count). The van der Waals surface area contributed by atoms with E-state index in [9.17, 15) is 13.5 Å². The SMILES string of the molecule is CC(O)c1ccc(OC2CCS(=O)(=O)C2)c(Cl)c1. The summed E-state index contributed by atoms with van der Waals surface area (Å²) < 4.78 is 28.2. The highest BCUT2D eigenvalue weighted by Gasteiger charge is 2.29. The third-order valence-corrected chi connectivity index (χ3v) is 4.96. The van der Waals surface area contributed by atoms with E-state index in [4.69, 9.17) is 16.3 Å². The van der Waals surface area contributed by atoms with Crippen molar-refractivity contribution in [2.75, 3.05) is 11.5 Å². The van der Waals surface area contributed by atoms with Crippen LogP contribution in [0.5, 0.6) is 5.75 Å². The van der Waals surface area contributed by atoms with Crippen molar-refractivity contribution in [3.63, 3.8) is 0 Å². The van der Waals surface area contributed by atoms with Crippen LogP contribution in [0.1, 0.15) is 25.0 Å². The Morgan fingerprint density at radius 3 is 2.72 bits per heavy atom. The smallest absolute Gasteiger partial charge is 0.154 e. The maximum atomic E-state index is 11.3. The molecule has 6 heteroatoms. The molecule has 0 bridgehead atoms. The molecule has 18 heavy (non-hydrogen) atoms. The summed E-state index contributed by atoms with van der Waals surface area (Å²) in [5.41, 5.74) is 0.700. The molecule has 0 aromatic heterocycles. The third kappa shape index (κ3) is 3.16. The van der Waals surface area contributed by atoms with Crippen LogP contribution in [0.4, 0.5) is 0 Å². The molecule has 1 heterocycles. The highest BCUT2D eigenvalue weighted by molar-refractivity contribution is 7.91. The Hall–Kier alpha value is -0.780. The Labute approximate surface area is 111 Å². The first-order valence-electron chi connectivity index (χ1n) is 5.72. The van der Waals surface area contributed by atoms with E-state index in [2.05, 4.69) is 0 Å². The van der Waals surface area contributed by atoms with Crippen LogP contribution in [0, 0.1) is 0 Å². The molecule has 1 fully saturated rings. The van der Waals surface area contributed by atoms with Crippen molar-refractivity contribution in [3.05, 3.63) is 28.8 Å². The van der Waals surface area contributed by atoms with Gasteiger partial charge in [0.2, 0.25) is 0 Å². The average Bonchev–Trinajstić information content (AvgIpc) is 2.61. The number of hydrogen-bond acceptors (Lipinski definition) is 4. The Morgan fingerprint density at radius 1 is 1.50 bits per heavy atom. The summed E-state index contributed by atoms with van der Waals surface area (Å²) in [6, 6.07) is 5.01. The molecule has 1 aromatic carbocycles. The van der Waals surface area contributed by atoms with Gasteiger partial charge in [-0.2, -0.15) is 0 Å². The molecular formula is C12H15ClO4S. The first-order valence-corrected chi connectivity index (χ1v) is 7.92. The highest BCUT2D eigenvalue weighted by Crippen LogP contribution is 2.30. The van der Waals surface area contributed by atoms with Crippen LogP contribution >= 0.6 is 11.6 Å². The summed E-state index contributed by atoms with van der Waals surface area (Å²) in [4.78, 5) is 0. The molecule has 4 nitrogen and oxygen atoms in total. The molecule has 1 saturated heterocycles. The molecule has 0 aliphatic carbocycles. The average molecular weight is 291 g/mol. The molecule has 1 aromatic rings. The van der Waals surface area contributed by atoms with Gasteiger partial charge in [-0.15, -0.1) is 0 Å². The van der Waals surface area contributed by atoms with E-state index >= 15 is 0 Å². The largest absolute Gasteiger partial charge is 0.488 e. The maximum absolute atomic E-state index is 11.3.